The van der Waals surface area contributed by atoms with Crippen molar-refractivity contribution in [2.45, 2.75) is 58.5 Å². The van der Waals surface area contributed by atoms with Crippen molar-refractivity contribution in [2.75, 3.05) is 6.54 Å². The van der Waals surface area contributed by atoms with Crippen molar-refractivity contribution in [2.24, 2.45) is 17.1 Å². The first-order valence-electron chi connectivity index (χ1n) is 6.02. The van der Waals surface area contributed by atoms with E-state index < -0.39 is 0 Å². The molecule has 14 heavy (non-hydrogen) atoms. The first kappa shape index (κ1) is 12.0. The van der Waals surface area contributed by atoms with Gasteiger partial charge in [-0.3, -0.25) is 0 Å². The van der Waals surface area contributed by atoms with Crippen molar-refractivity contribution in [1.82, 2.24) is 0 Å². The number of hydrogen-bond acceptors (Lipinski definition) is 2. The van der Waals surface area contributed by atoms with Gasteiger partial charge >= 0.3 is 0 Å². The van der Waals surface area contributed by atoms with Crippen LogP contribution in [0.25, 0.3) is 0 Å². The third kappa shape index (κ3) is 2.48. The predicted molar refractivity (Wildman–Crippen MR) is 60.0 cm³/mol. The van der Waals surface area contributed by atoms with Crippen LogP contribution in [0.1, 0.15) is 52.4 Å². The predicted octanol–water partition coefficient (Wildman–Crippen LogP) is 2.30. The fraction of sp³-hybridized carbons (Fsp3) is 1.00. The van der Waals surface area contributed by atoms with Gasteiger partial charge in [-0.05, 0) is 37.1 Å². The maximum absolute atomic E-state index is 10.3. The third-order valence-electron chi connectivity index (χ3n) is 3.98. The van der Waals surface area contributed by atoms with Gasteiger partial charge in [-0.15, -0.1) is 0 Å². The fourth-order valence-electron chi connectivity index (χ4n) is 2.74. The van der Waals surface area contributed by atoms with Crippen LogP contribution in [0.5, 0.6) is 0 Å². The van der Waals surface area contributed by atoms with Crippen LogP contribution in [0.3, 0.4) is 0 Å². The number of aliphatic hydroxyl groups excluding tert-OH is 1. The van der Waals surface area contributed by atoms with Crippen molar-refractivity contribution >= 4 is 0 Å². The Morgan fingerprint density at radius 3 is 2.29 bits per heavy atom. The van der Waals surface area contributed by atoms with Crippen LogP contribution >= 0.6 is 0 Å². The summed E-state index contributed by atoms with van der Waals surface area (Å²) in [5.74, 6) is 0.290. The Bertz CT molecular complexity index is 160. The molecule has 3 N–H and O–H groups in total. The third-order valence-corrected chi connectivity index (χ3v) is 3.98. The number of aliphatic hydroxyl groups is 1. The molecule has 2 heteroatoms. The molecule has 0 bridgehead atoms. The zero-order valence-electron chi connectivity index (χ0n) is 9.63. The van der Waals surface area contributed by atoms with Gasteiger partial charge < -0.3 is 10.8 Å². The number of hydrogen-bond donors (Lipinski definition) is 2. The van der Waals surface area contributed by atoms with Gasteiger partial charge in [-0.1, -0.05) is 33.1 Å². The van der Waals surface area contributed by atoms with Gasteiger partial charge in [0.25, 0.3) is 0 Å². The summed E-state index contributed by atoms with van der Waals surface area (Å²) in [6.45, 7) is 4.97. The molecule has 2 atom stereocenters. The highest BCUT2D eigenvalue weighted by Gasteiger charge is 2.37. The van der Waals surface area contributed by atoms with E-state index in [4.69, 9.17) is 5.73 Å². The molecule has 0 aromatic carbocycles. The fourth-order valence-corrected chi connectivity index (χ4v) is 2.74. The molecule has 0 spiro atoms. The molecule has 0 aromatic heterocycles. The maximum Gasteiger partial charge on any atom is 0.0633 e. The molecule has 2 nitrogen and oxygen atoms in total. The molecular weight excluding hydrogens is 174 g/mol. The van der Waals surface area contributed by atoms with Gasteiger partial charge in [0.15, 0.2) is 0 Å². The lowest BCUT2D eigenvalue weighted by Crippen LogP contribution is -2.42. The normalized spacial score (nSPS) is 25.7. The number of nitrogens with two attached hydrogens (primary N) is 1. The van der Waals surface area contributed by atoms with Gasteiger partial charge in [0.2, 0.25) is 0 Å². The first-order valence-corrected chi connectivity index (χ1v) is 6.02. The van der Waals surface area contributed by atoms with Gasteiger partial charge in [0.05, 0.1) is 6.10 Å². The summed E-state index contributed by atoms with van der Waals surface area (Å²) in [5, 5.41) is 10.3. The van der Waals surface area contributed by atoms with Crippen molar-refractivity contribution < 1.29 is 5.11 Å². The van der Waals surface area contributed by atoms with Crippen LogP contribution in [-0.2, 0) is 0 Å². The monoisotopic (exact) mass is 199 g/mol. The second kappa shape index (κ2) is 5.13. The van der Waals surface area contributed by atoms with Crippen LogP contribution < -0.4 is 5.73 Å². The Morgan fingerprint density at radius 2 is 1.86 bits per heavy atom. The van der Waals surface area contributed by atoms with Crippen molar-refractivity contribution in [3.63, 3.8) is 0 Å². The highest BCUT2D eigenvalue weighted by molar-refractivity contribution is 4.88. The highest BCUT2D eigenvalue weighted by Crippen LogP contribution is 2.41. The Labute approximate surface area is 87.9 Å². The standard InChI is InChI=1S/C12H25NO/c1-3-10(9-13)11(14)12(2)7-5-4-6-8-12/h10-11,14H,3-9,13H2,1-2H3. The van der Waals surface area contributed by atoms with Crippen LogP contribution in [-0.4, -0.2) is 17.8 Å². The average Bonchev–Trinajstić information content (AvgIpc) is 2.20. The molecule has 0 heterocycles. The minimum Gasteiger partial charge on any atom is -0.392 e. The maximum atomic E-state index is 10.3. The second-order valence-corrected chi connectivity index (χ2v) is 5.06. The van der Waals surface area contributed by atoms with E-state index in [-0.39, 0.29) is 17.4 Å². The van der Waals surface area contributed by atoms with Crippen LogP contribution in [0.4, 0.5) is 0 Å². The van der Waals surface area contributed by atoms with Crippen molar-refractivity contribution in [3.8, 4) is 0 Å². The van der Waals surface area contributed by atoms with E-state index in [1.165, 1.54) is 32.1 Å². The van der Waals surface area contributed by atoms with Gasteiger partial charge in [0, 0.05) is 0 Å². The Balaban J connectivity index is 2.59. The van der Waals surface area contributed by atoms with E-state index >= 15 is 0 Å². The summed E-state index contributed by atoms with van der Waals surface area (Å²) in [7, 11) is 0. The lowest BCUT2D eigenvalue weighted by molar-refractivity contribution is -0.0293. The molecule has 0 aliphatic heterocycles. The highest BCUT2D eigenvalue weighted by atomic mass is 16.3. The van der Waals surface area contributed by atoms with Gasteiger partial charge in [-0.2, -0.15) is 0 Å². The molecule has 0 amide bonds. The molecule has 0 radical (unpaired) electrons. The van der Waals surface area contributed by atoms with Gasteiger partial charge in [0.1, 0.15) is 0 Å². The Hall–Kier alpha value is -0.0800. The summed E-state index contributed by atoms with van der Waals surface area (Å²) in [6, 6.07) is 0. The Kier molecular flexibility index (Phi) is 4.39. The molecule has 1 rings (SSSR count). The van der Waals surface area contributed by atoms with E-state index in [0.717, 1.165) is 6.42 Å². The minimum absolute atomic E-state index is 0.137. The van der Waals surface area contributed by atoms with E-state index in [0.29, 0.717) is 6.54 Å². The topological polar surface area (TPSA) is 46.2 Å². The largest absolute Gasteiger partial charge is 0.392 e. The molecule has 0 aromatic rings. The smallest absolute Gasteiger partial charge is 0.0633 e. The molecule has 1 saturated carbocycles. The van der Waals surface area contributed by atoms with E-state index in [2.05, 4.69) is 13.8 Å². The van der Waals surface area contributed by atoms with E-state index in [1.807, 2.05) is 0 Å². The van der Waals surface area contributed by atoms with Crippen LogP contribution in [0.15, 0.2) is 0 Å². The summed E-state index contributed by atoms with van der Waals surface area (Å²) >= 11 is 0. The quantitative estimate of drug-likeness (QED) is 0.730. The summed E-state index contributed by atoms with van der Waals surface area (Å²) < 4.78 is 0. The minimum atomic E-state index is -0.196. The summed E-state index contributed by atoms with van der Waals surface area (Å²) in [6.07, 6.45) is 7.02. The molecule has 0 saturated heterocycles. The molecular formula is C12H25NO. The van der Waals surface area contributed by atoms with E-state index in [1.54, 1.807) is 0 Å². The molecule has 84 valence electrons. The second-order valence-electron chi connectivity index (χ2n) is 5.06. The lowest BCUT2D eigenvalue weighted by atomic mass is 9.68. The molecule has 1 aliphatic rings. The lowest BCUT2D eigenvalue weighted by Gasteiger charge is -2.41. The van der Waals surface area contributed by atoms with Crippen LogP contribution in [0, 0.1) is 11.3 Å². The zero-order chi connectivity index (χ0) is 10.6. The summed E-state index contributed by atoms with van der Waals surface area (Å²) in [4.78, 5) is 0. The van der Waals surface area contributed by atoms with Gasteiger partial charge in [-0.25, -0.2) is 0 Å². The van der Waals surface area contributed by atoms with Crippen molar-refractivity contribution in [1.29, 1.82) is 0 Å². The summed E-state index contributed by atoms with van der Waals surface area (Å²) in [5.41, 5.74) is 5.83. The Morgan fingerprint density at radius 1 is 1.29 bits per heavy atom. The first-order chi connectivity index (χ1) is 6.64. The zero-order valence-corrected chi connectivity index (χ0v) is 9.63. The number of rotatable bonds is 4. The molecule has 1 fully saturated rings. The molecule has 1 aliphatic carbocycles. The van der Waals surface area contributed by atoms with E-state index in [9.17, 15) is 5.11 Å². The SMILES string of the molecule is CCC(CN)C(O)C1(C)CCCCC1. The van der Waals surface area contributed by atoms with Crippen LogP contribution in [0.2, 0.25) is 0 Å². The van der Waals surface area contributed by atoms with Crippen molar-refractivity contribution in [3.05, 3.63) is 0 Å². The molecule has 2 unspecified atom stereocenters. The average molecular weight is 199 g/mol.